The molecule has 8 nitrogen and oxygen atoms in total. The number of amides is 2. The van der Waals surface area contributed by atoms with Gasteiger partial charge in [-0.05, 0) is 37.8 Å². The number of hydrogen-bond donors (Lipinski definition) is 0. The highest BCUT2D eigenvalue weighted by atomic mass is 32.2. The van der Waals surface area contributed by atoms with E-state index in [0.29, 0.717) is 35.2 Å². The van der Waals surface area contributed by atoms with Crippen LogP contribution in [-0.2, 0) is 17.8 Å². The monoisotopic (exact) mass is 511 g/mol. The first kappa shape index (κ1) is 22.0. The van der Waals surface area contributed by atoms with Gasteiger partial charge in [-0.3, -0.25) is 14.5 Å². The van der Waals surface area contributed by atoms with Gasteiger partial charge < -0.3 is 4.74 Å². The first-order chi connectivity index (χ1) is 16.4. The molecular weight excluding hydrogens is 490 g/mol. The van der Waals surface area contributed by atoms with Gasteiger partial charge in [-0.25, -0.2) is 9.38 Å². The van der Waals surface area contributed by atoms with Gasteiger partial charge in [-0.1, -0.05) is 35.7 Å². The molecule has 2 aliphatic rings. The van der Waals surface area contributed by atoms with Gasteiger partial charge in [0, 0.05) is 23.6 Å². The number of fused-ring (bicyclic) bond motifs is 6. The zero-order valence-electron chi connectivity index (χ0n) is 18.8. The van der Waals surface area contributed by atoms with Crippen LogP contribution in [0, 0.1) is 0 Å². The van der Waals surface area contributed by atoms with Gasteiger partial charge in [0.05, 0.1) is 28.7 Å². The quantitative estimate of drug-likeness (QED) is 0.223. The van der Waals surface area contributed by atoms with Crippen molar-refractivity contribution in [1.82, 2.24) is 24.5 Å². The summed E-state index contributed by atoms with van der Waals surface area (Å²) in [4.78, 5) is 33.7. The van der Waals surface area contributed by atoms with E-state index in [4.69, 9.17) is 9.72 Å². The molecule has 0 saturated carbocycles. The highest BCUT2D eigenvalue weighted by Gasteiger charge is 2.35. The lowest BCUT2D eigenvalue weighted by atomic mass is 9.94. The molecule has 3 aromatic heterocycles. The first-order valence-corrected chi connectivity index (χ1v) is 13.9. The van der Waals surface area contributed by atoms with Crippen molar-refractivity contribution in [1.29, 1.82) is 0 Å². The van der Waals surface area contributed by atoms with Crippen LogP contribution >= 0.6 is 34.9 Å². The van der Waals surface area contributed by atoms with Crippen molar-refractivity contribution in [3.05, 3.63) is 45.8 Å². The van der Waals surface area contributed by atoms with E-state index in [0.717, 1.165) is 27.4 Å². The van der Waals surface area contributed by atoms with E-state index in [2.05, 4.69) is 24.0 Å². The minimum absolute atomic E-state index is 0.236. The maximum Gasteiger partial charge on any atom is 0.261 e. The normalized spacial score (nSPS) is 17.1. The van der Waals surface area contributed by atoms with Gasteiger partial charge >= 0.3 is 0 Å². The Bertz CT molecular complexity index is 1460. The van der Waals surface area contributed by atoms with Gasteiger partial charge in [0.25, 0.3) is 11.8 Å². The van der Waals surface area contributed by atoms with E-state index in [1.807, 2.05) is 10.7 Å². The van der Waals surface area contributed by atoms with Crippen LogP contribution < -0.4 is 0 Å². The van der Waals surface area contributed by atoms with E-state index >= 15 is 0 Å². The van der Waals surface area contributed by atoms with Crippen LogP contribution in [-0.4, -0.2) is 60.5 Å². The second kappa shape index (κ2) is 8.04. The second-order valence-electron chi connectivity index (χ2n) is 8.81. The fraction of sp³-hybridized carbons (Fsp3) is 0.348. The molecular formula is C23H21N5O3S3. The maximum atomic E-state index is 12.7. The Kier molecular flexibility index (Phi) is 5.21. The Balaban J connectivity index is 1.31. The van der Waals surface area contributed by atoms with Crippen molar-refractivity contribution in [3.63, 3.8) is 0 Å². The van der Waals surface area contributed by atoms with Crippen LogP contribution in [0.15, 0.2) is 34.6 Å². The van der Waals surface area contributed by atoms with Crippen LogP contribution in [0.2, 0.25) is 0 Å². The summed E-state index contributed by atoms with van der Waals surface area (Å²) >= 11 is 4.68. The third-order valence-corrected chi connectivity index (χ3v) is 8.77. The molecule has 0 spiro atoms. The Morgan fingerprint density at radius 3 is 2.56 bits per heavy atom. The minimum Gasteiger partial charge on any atom is -0.370 e. The molecule has 0 aliphatic carbocycles. The minimum atomic E-state index is -0.241. The molecule has 6 rings (SSSR count). The lowest BCUT2D eigenvalue weighted by Crippen LogP contribution is -2.31. The zero-order chi connectivity index (χ0) is 23.6. The predicted molar refractivity (Wildman–Crippen MR) is 133 cm³/mol. The summed E-state index contributed by atoms with van der Waals surface area (Å²) in [6.07, 6.45) is 2.79. The Morgan fingerprint density at radius 2 is 1.85 bits per heavy atom. The number of thiophene rings is 1. The number of rotatable bonds is 5. The summed E-state index contributed by atoms with van der Waals surface area (Å²) in [7, 11) is 0. The van der Waals surface area contributed by atoms with E-state index < -0.39 is 0 Å². The molecule has 0 fully saturated rings. The first-order valence-electron chi connectivity index (χ1n) is 10.8. The zero-order valence-corrected chi connectivity index (χ0v) is 21.3. The SMILES string of the molecule is CSc1nc2sc3c(c2c2nnc(SCCN4C(=O)c5ccccc5C4=O)n12)CC(C)(C)OC3. The Morgan fingerprint density at radius 1 is 1.12 bits per heavy atom. The number of benzene rings is 1. The van der Waals surface area contributed by atoms with Crippen molar-refractivity contribution in [2.75, 3.05) is 18.6 Å². The molecule has 0 bridgehead atoms. The number of thioether (sulfide) groups is 2. The van der Waals surface area contributed by atoms with Crippen LogP contribution in [0.3, 0.4) is 0 Å². The topological polar surface area (TPSA) is 89.7 Å². The summed E-state index contributed by atoms with van der Waals surface area (Å²) in [6.45, 7) is 5.09. The van der Waals surface area contributed by atoms with E-state index in [1.165, 1.54) is 27.1 Å². The molecule has 0 radical (unpaired) electrons. The van der Waals surface area contributed by atoms with Crippen LogP contribution in [0.25, 0.3) is 15.9 Å². The van der Waals surface area contributed by atoms with Gasteiger partial charge in [0.1, 0.15) is 4.83 Å². The summed E-state index contributed by atoms with van der Waals surface area (Å²) in [5.74, 6) is 0.0335. The van der Waals surface area contributed by atoms with Crippen molar-refractivity contribution in [2.24, 2.45) is 0 Å². The van der Waals surface area contributed by atoms with Crippen LogP contribution in [0.1, 0.15) is 45.0 Å². The fourth-order valence-electron chi connectivity index (χ4n) is 4.49. The molecule has 0 atom stereocenters. The maximum absolute atomic E-state index is 12.7. The highest BCUT2D eigenvalue weighted by molar-refractivity contribution is 7.99. The third-order valence-electron chi connectivity index (χ3n) is 6.12. The van der Waals surface area contributed by atoms with Crippen molar-refractivity contribution in [3.8, 4) is 0 Å². The fourth-order valence-corrected chi connectivity index (χ4v) is 7.10. The summed E-state index contributed by atoms with van der Waals surface area (Å²) < 4.78 is 8.00. The molecule has 2 amide bonds. The molecule has 174 valence electrons. The van der Waals surface area contributed by atoms with E-state index in [-0.39, 0.29) is 17.4 Å². The standard InChI is InChI=1S/C23H21N5O3S3/c1-23(2)10-14-15(11-31-23)34-18-16(14)17-25-26-22(28(17)21(24-18)32-3)33-9-8-27-19(29)12-6-4-5-7-13(12)20(27)30/h4-7H,8-11H2,1-3H3. The van der Waals surface area contributed by atoms with E-state index in [9.17, 15) is 9.59 Å². The van der Waals surface area contributed by atoms with Gasteiger partial charge in [-0.15, -0.1) is 21.5 Å². The molecule has 1 aromatic carbocycles. The Labute approximate surface area is 208 Å². The molecule has 4 aromatic rings. The summed E-state index contributed by atoms with van der Waals surface area (Å²) in [6, 6.07) is 6.95. The smallest absolute Gasteiger partial charge is 0.261 e. The Hall–Kier alpha value is -2.47. The largest absolute Gasteiger partial charge is 0.370 e. The van der Waals surface area contributed by atoms with E-state index in [1.54, 1.807) is 47.4 Å². The molecule has 0 N–H and O–H groups in total. The molecule has 0 saturated heterocycles. The molecule has 2 aliphatic heterocycles. The molecule has 34 heavy (non-hydrogen) atoms. The second-order valence-corrected chi connectivity index (χ2v) is 11.7. The lowest BCUT2D eigenvalue weighted by molar-refractivity contribution is -0.0379. The number of imide groups is 1. The average Bonchev–Trinajstić information content (AvgIpc) is 3.47. The van der Waals surface area contributed by atoms with Crippen molar-refractivity contribution >= 4 is 62.5 Å². The number of carbonyl (C=O) groups excluding carboxylic acids is 2. The van der Waals surface area contributed by atoms with Crippen molar-refractivity contribution in [2.45, 2.75) is 42.8 Å². The number of ether oxygens (including phenoxy) is 1. The highest BCUT2D eigenvalue weighted by Crippen LogP contribution is 2.41. The number of hydrogen-bond acceptors (Lipinski definition) is 9. The van der Waals surface area contributed by atoms with Crippen LogP contribution in [0.5, 0.6) is 0 Å². The number of carbonyl (C=O) groups is 2. The van der Waals surface area contributed by atoms with Crippen LogP contribution in [0.4, 0.5) is 0 Å². The summed E-state index contributed by atoms with van der Waals surface area (Å²) in [5, 5.41) is 11.6. The van der Waals surface area contributed by atoms with Crippen molar-refractivity contribution < 1.29 is 14.3 Å². The van der Waals surface area contributed by atoms with Gasteiger partial charge in [-0.2, -0.15) is 0 Å². The van der Waals surface area contributed by atoms with Gasteiger partial charge in [0.15, 0.2) is 16.0 Å². The molecule has 5 heterocycles. The molecule has 11 heteroatoms. The number of aromatic nitrogens is 4. The lowest BCUT2D eigenvalue weighted by Gasteiger charge is -2.30. The third kappa shape index (κ3) is 3.36. The predicted octanol–water partition coefficient (Wildman–Crippen LogP) is 4.30. The van der Waals surface area contributed by atoms with Gasteiger partial charge in [0.2, 0.25) is 0 Å². The number of nitrogens with zero attached hydrogens (tertiary/aromatic N) is 5. The summed E-state index contributed by atoms with van der Waals surface area (Å²) in [5.41, 5.74) is 2.75. The average molecular weight is 512 g/mol. The molecule has 0 unspecified atom stereocenters.